The first-order valence-electron chi connectivity index (χ1n) is 5.37. The first-order chi connectivity index (χ1) is 7.68. The van der Waals surface area contributed by atoms with Crippen LogP contribution in [0.1, 0.15) is 13.8 Å². The molecule has 0 fully saturated rings. The summed E-state index contributed by atoms with van der Waals surface area (Å²) in [4.78, 5) is 10.1. The third-order valence-corrected chi connectivity index (χ3v) is 2.64. The molecule has 2 aliphatic carbocycles. The van der Waals surface area contributed by atoms with E-state index in [0.29, 0.717) is 5.78 Å². The van der Waals surface area contributed by atoms with Crippen LogP contribution >= 0.6 is 0 Å². The average Bonchev–Trinajstić information content (AvgIpc) is 2.51. The van der Waals surface area contributed by atoms with Gasteiger partial charge in [-0.15, -0.1) is 0 Å². The summed E-state index contributed by atoms with van der Waals surface area (Å²) < 4.78 is 0. The van der Waals surface area contributed by atoms with Gasteiger partial charge in [-0.1, -0.05) is 36.5 Å². The molecule has 0 radical (unpaired) electrons. The monoisotopic (exact) mass is 211 g/mol. The zero-order valence-electron chi connectivity index (χ0n) is 9.57. The van der Waals surface area contributed by atoms with Gasteiger partial charge in [0.2, 0.25) is 0 Å². The maximum atomic E-state index is 10.1. The fraction of sp³-hybridized carbons (Fsp3) is 0.133. The second-order valence-electron chi connectivity index (χ2n) is 4.04. The smallest absolute Gasteiger partial charge is 0.273 e. The van der Waals surface area contributed by atoms with Gasteiger partial charge in [0, 0.05) is 0 Å². The van der Waals surface area contributed by atoms with E-state index in [4.69, 9.17) is 0 Å². The Morgan fingerprint density at radius 1 is 0.875 bits per heavy atom. The van der Waals surface area contributed by atoms with Gasteiger partial charge in [0.15, 0.2) is 0 Å². The summed E-state index contributed by atoms with van der Waals surface area (Å²) in [5, 5.41) is 0. The molecule has 0 heterocycles. The van der Waals surface area contributed by atoms with Crippen LogP contribution in [-0.4, -0.2) is 10.6 Å². The van der Waals surface area contributed by atoms with Crippen molar-refractivity contribution in [1.29, 1.82) is 0 Å². The van der Waals surface area contributed by atoms with Crippen LogP contribution in [0, 0.1) is 0 Å². The van der Waals surface area contributed by atoms with Crippen LogP contribution in [0.5, 0.6) is 0 Å². The highest BCUT2D eigenvalue weighted by Crippen LogP contribution is 2.23. The quantitative estimate of drug-likeness (QED) is 0.432. The van der Waals surface area contributed by atoms with Crippen LogP contribution in [0.3, 0.4) is 0 Å². The Kier molecular flexibility index (Phi) is 2.86. The molecule has 0 spiro atoms. The van der Waals surface area contributed by atoms with Gasteiger partial charge in [-0.05, 0) is 37.1 Å². The van der Waals surface area contributed by atoms with Crippen LogP contribution in [0.25, 0.3) is 0 Å². The van der Waals surface area contributed by atoms with Crippen molar-refractivity contribution in [1.82, 2.24) is 0 Å². The second-order valence-corrected chi connectivity index (χ2v) is 4.04. The summed E-state index contributed by atoms with van der Waals surface area (Å²) in [5.41, 5.74) is 4.02. The van der Waals surface area contributed by atoms with E-state index < -0.39 is 0 Å². The van der Waals surface area contributed by atoms with Gasteiger partial charge < -0.3 is 0 Å². The first-order valence-corrected chi connectivity index (χ1v) is 5.37. The van der Waals surface area contributed by atoms with E-state index >= 15 is 0 Å². The lowest BCUT2D eigenvalue weighted by Crippen LogP contribution is -2.09. The fourth-order valence-electron chi connectivity index (χ4n) is 1.86. The largest absolute Gasteiger partial charge is 0.350 e. The highest BCUT2D eigenvalue weighted by Gasteiger charge is 2.22. The highest BCUT2D eigenvalue weighted by atomic mass is 16.1. The van der Waals surface area contributed by atoms with Crippen molar-refractivity contribution in [2.45, 2.75) is 13.8 Å². The van der Waals surface area contributed by atoms with E-state index in [2.05, 4.69) is 0 Å². The van der Waals surface area contributed by atoms with Crippen molar-refractivity contribution in [3.8, 4) is 0 Å². The topological polar surface area (TPSA) is 21.4 Å². The predicted molar refractivity (Wildman–Crippen MR) is 68.9 cm³/mol. The molecule has 2 rings (SSSR count). The number of rotatable bonds is 0. The molecule has 2 aliphatic rings. The minimum Gasteiger partial charge on any atom is -0.273 e. The summed E-state index contributed by atoms with van der Waals surface area (Å²) in [6, 6.07) is 0. The molecule has 0 saturated heterocycles. The van der Waals surface area contributed by atoms with Crippen molar-refractivity contribution in [2.75, 3.05) is 0 Å². The van der Waals surface area contributed by atoms with Crippen LogP contribution in [0.2, 0.25) is 0 Å². The Balaban J connectivity index is 2.52. The van der Waals surface area contributed by atoms with Gasteiger partial charge >= 0.3 is 5.78 Å². The van der Waals surface area contributed by atoms with Gasteiger partial charge in [-0.3, -0.25) is 4.79 Å². The standard InChI is InChI=1S/C15H14O/c1-11-9-12(2)15(16)14(10-11)13-7-5-3-4-6-8-13/h3-10H,1-2H3/p+1. The average molecular weight is 211 g/mol. The van der Waals surface area contributed by atoms with Gasteiger partial charge in [-0.2, -0.15) is 0 Å². The molecule has 0 bridgehead atoms. The molecule has 0 aliphatic heterocycles. The molecule has 16 heavy (non-hydrogen) atoms. The molecular formula is C15H15O+. The Morgan fingerprint density at radius 3 is 2.12 bits per heavy atom. The van der Waals surface area contributed by atoms with Crippen LogP contribution in [0.15, 0.2) is 70.9 Å². The molecule has 1 heteroatoms. The third-order valence-electron chi connectivity index (χ3n) is 2.64. The molecule has 80 valence electrons. The third kappa shape index (κ3) is 2.03. The lowest BCUT2D eigenvalue weighted by molar-refractivity contribution is 0.676. The molecule has 0 aromatic carbocycles. The van der Waals surface area contributed by atoms with Crippen molar-refractivity contribution < 1.29 is 4.79 Å². The van der Waals surface area contributed by atoms with Crippen molar-refractivity contribution in [2.24, 2.45) is 0 Å². The summed E-state index contributed by atoms with van der Waals surface area (Å²) >= 11 is 0. The lowest BCUT2D eigenvalue weighted by atomic mass is 9.91. The van der Waals surface area contributed by atoms with E-state index in [1.54, 1.807) is 0 Å². The van der Waals surface area contributed by atoms with Crippen molar-refractivity contribution in [3.05, 3.63) is 70.9 Å². The summed E-state index contributed by atoms with van der Waals surface area (Å²) in [6.07, 6.45) is 15.9. The fourth-order valence-corrected chi connectivity index (χ4v) is 1.86. The minimum atomic E-state index is 0.372. The predicted octanol–water partition coefficient (Wildman–Crippen LogP) is 3.42. The normalized spacial score (nSPS) is 19.8. The van der Waals surface area contributed by atoms with E-state index in [1.165, 1.54) is 0 Å². The number of hydrogen-bond acceptors (Lipinski definition) is 0. The Bertz CT molecular complexity index is 488. The minimum absolute atomic E-state index is 0.372. The SMILES string of the molecule is CC1=CC(=C2C=CC=CC=C2)C(=[OH+])C(C)=C1. The molecule has 0 aromatic rings. The zero-order valence-corrected chi connectivity index (χ0v) is 9.57. The maximum absolute atomic E-state index is 10.1. The molecule has 0 aromatic heterocycles. The summed E-state index contributed by atoms with van der Waals surface area (Å²) in [7, 11) is 0. The summed E-state index contributed by atoms with van der Waals surface area (Å²) in [6.45, 7) is 3.97. The number of ketones is 1. The van der Waals surface area contributed by atoms with E-state index in [9.17, 15) is 4.79 Å². The van der Waals surface area contributed by atoms with Crippen LogP contribution in [0.4, 0.5) is 0 Å². The Hall–Kier alpha value is -1.89. The summed E-state index contributed by atoms with van der Waals surface area (Å²) in [5.74, 6) is 0.372. The van der Waals surface area contributed by atoms with E-state index in [-0.39, 0.29) is 0 Å². The molecule has 0 amide bonds. The van der Waals surface area contributed by atoms with Crippen LogP contribution in [-0.2, 0) is 0 Å². The first kappa shape index (κ1) is 10.6. The highest BCUT2D eigenvalue weighted by molar-refractivity contribution is 6.13. The van der Waals surface area contributed by atoms with Crippen molar-refractivity contribution >= 4 is 5.78 Å². The Labute approximate surface area is 95.9 Å². The Morgan fingerprint density at radius 2 is 1.50 bits per heavy atom. The van der Waals surface area contributed by atoms with E-state index in [0.717, 1.165) is 22.3 Å². The van der Waals surface area contributed by atoms with Crippen LogP contribution < -0.4 is 0 Å². The molecule has 1 N–H and O–H groups in total. The molecule has 1 nitrogen and oxygen atoms in total. The second kappa shape index (κ2) is 4.31. The van der Waals surface area contributed by atoms with Gasteiger partial charge in [0.05, 0.1) is 11.1 Å². The maximum Gasteiger partial charge on any atom is 0.350 e. The molecule has 0 atom stereocenters. The number of carbonyl (C=O) groups excluding carboxylic acids is 1. The van der Waals surface area contributed by atoms with Gasteiger partial charge in [-0.25, -0.2) is 0 Å². The number of hydrogen-bond donors (Lipinski definition) is 0. The lowest BCUT2D eigenvalue weighted by Gasteiger charge is -2.07. The van der Waals surface area contributed by atoms with E-state index in [1.807, 2.05) is 62.5 Å². The molecule has 0 unspecified atom stereocenters. The number of allylic oxidation sites excluding steroid dienone is 12. The zero-order chi connectivity index (χ0) is 11.5. The van der Waals surface area contributed by atoms with Gasteiger partial charge in [0.1, 0.15) is 0 Å². The van der Waals surface area contributed by atoms with Crippen molar-refractivity contribution in [3.63, 3.8) is 0 Å². The molecular weight excluding hydrogens is 196 g/mol. The van der Waals surface area contributed by atoms with Gasteiger partial charge in [0.25, 0.3) is 0 Å². The molecule has 0 saturated carbocycles.